The number of hydrogen-bond acceptors (Lipinski definition) is 2. The molecule has 3 aromatic rings. The quantitative estimate of drug-likeness (QED) is 0.769. The maximum Gasteiger partial charge on any atom is 0.274 e. The van der Waals surface area contributed by atoms with Crippen LogP contribution >= 0.6 is 23.2 Å². The number of halogens is 2. The molecule has 0 spiro atoms. The lowest BCUT2D eigenvalue weighted by molar-refractivity contribution is 0.102. The van der Waals surface area contributed by atoms with Gasteiger partial charge in [-0.1, -0.05) is 35.3 Å². The maximum absolute atomic E-state index is 12.5. The molecule has 2 heterocycles. The van der Waals surface area contributed by atoms with Crippen LogP contribution in [0.5, 0.6) is 0 Å². The summed E-state index contributed by atoms with van der Waals surface area (Å²) in [4.78, 5) is 16.9. The summed E-state index contributed by atoms with van der Waals surface area (Å²) in [5.74, 6) is -0.304. The molecule has 0 fully saturated rings. The molecule has 0 saturated carbocycles. The van der Waals surface area contributed by atoms with E-state index in [4.69, 9.17) is 23.2 Å². The Labute approximate surface area is 131 Å². The van der Waals surface area contributed by atoms with E-state index in [0.717, 1.165) is 0 Å². The number of aromatic nitrogens is 2. The van der Waals surface area contributed by atoms with Gasteiger partial charge < -0.3 is 5.32 Å². The smallest absolute Gasteiger partial charge is 0.274 e. The number of nitrogens with zero attached hydrogens (tertiary/aromatic N) is 2. The summed E-state index contributed by atoms with van der Waals surface area (Å²) in [5, 5.41) is 3.53. The topological polar surface area (TPSA) is 46.4 Å². The van der Waals surface area contributed by atoms with E-state index >= 15 is 0 Å². The Morgan fingerprint density at radius 1 is 1.14 bits per heavy atom. The van der Waals surface area contributed by atoms with Gasteiger partial charge in [-0.3, -0.25) is 9.20 Å². The van der Waals surface area contributed by atoms with Crippen molar-refractivity contribution >= 4 is 40.4 Å². The molecule has 0 bridgehead atoms. The van der Waals surface area contributed by atoms with Crippen LogP contribution in [0.15, 0.2) is 42.6 Å². The van der Waals surface area contributed by atoms with Gasteiger partial charge in [0, 0.05) is 6.20 Å². The highest BCUT2D eigenvalue weighted by Crippen LogP contribution is 2.30. The SMILES string of the molecule is Cc1nc2ccccn2c1C(=O)Nc1c(Cl)cccc1Cl. The Balaban J connectivity index is 2.04. The second-order valence-corrected chi connectivity index (χ2v) is 5.34. The molecule has 106 valence electrons. The van der Waals surface area contributed by atoms with Gasteiger partial charge >= 0.3 is 0 Å². The molecule has 1 N–H and O–H groups in total. The van der Waals surface area contributed by atoms with Crippen molar-refractivity contribution in [3.05, 3.63) is 64.0 Å². The first-order chi connectivity index (χ1) is 10.1. The molecule has 0 aliphatic rings. The van der Waals surface area contributed by atoms with Crippen molar-refractivity contribution in [1.82, 2.24) is 9.38 Å². The summed E-state index contributed by atoms with van der Waals surface area (Å²) in [6.45, 7) is 1.79. The Morgan fingerprint density at radius 2 is 1.86 bits per heavy atom. The van der Waals surface area contributed by atoms with Crippen LogP contribution in [0.1, 0.15) is 16.2 Å². The number of aryl methyl sites for hydroxylation is 1. The number of rotatable bonds is 2. The number of imidazole rings is 1. The number of para-hydroxylation sites is 1. The highest BCUT2D eigenvalue weighted by atomic mass is 35.5. The standard InChI is InChI=1S/C15H11Cl2N3O/c1-9-14(20-8-3-2-7-12(20)18-9)15(21)19-13-10(16)5-4-6-11(13)17/h2-8H,1H3,(H,19,21). The largest absolute Gasteiger partial charge is 0.318 e. The second-order valence-electron chi connectivity index (χ2n) is 4.53. The second kappa shape index (κ2) is 5.39. The molecule has 4 nitrogen and oxygen atoms in total. The van der Waals surface area contributed by atoms with Gasteiger partial charge in [-0.25, -0.2) is 4.98 Å². The minimum absolute atomic E-state index is 0.304. The summed E-state index contributed by atoms with van der Waals surface area (Å²) in [7, 11) is 0. The van der Waals surface area contributed by atoms with Gasteiger partial charge in [0.25, 0.3) is 5.91 Å². The molecule has 6 heteroatoms. The molecule has 1 aromatic carbocycles. The first-order valence-corrected chi connectivity index (χ1v) is 7.02. The average molecular weight is 320 g/mol. The Bertz CT molecular complexity index is 822. The van der Waals surface area contributed by atoms with Crippen molar-refractivity contribution in [2.45, 2.75) is 6.92 Å². The first-order valence-electron chi connectivity index (χ1n) is 6.27. The van der Waals surface area contributed by atoms with Crippen LogP contribution in [0.4, 0.5) is 5.69 Å². The van der Waals surface area contributed by atoms with Crippen LogP contribution < -0.4 is 5.32 Å². The van der Waals surface area contributed by atoms with Crippen molar-refractivity contribution < 1.29 is 4.79 Å². The van der Waals surface area contributed by atoms with Crippen LogP contribution in [-0.2, 0) is 0 Å². The van der Waals surface area contributed by atoms with Crippen molar-refractivity contribution in [3.63, 3.8) is 0 Å². The lowest BCUT2D eigenvalue weighted by atomic mass is 10.2. The van der Waals surface area contributed by atoms with E-state index in [0.29, 0.717) is 32.8 Å². The summed E-state index contributed by atoms with van der Waals surface area (Å²) in [6, 6.07) is 10.6. The van der Waals surface area contributed by atoms with Crippen LogP contribution in [0.2, 0.25) is 10.0 Å². The Morgan fingerprint density at radius 3 is 2.57 bits per heavy atom. The highest BCUT2D eigenvalue weighted by molar-refractivity contribution is 6.40. The third-order valence-corrected chi connectivity index (χ3v) is 3.75. The Hall–Kier alpha value is -2.04. The fourth-order valence-corrected chi connectivity index (χ4v) is 2.67. The summed E-state index contributed by atoms with van der Waals surface area (Å²) in [5.41, 5.74) is 2.21. The molecule has 0 aliphatic carbocycles. The number of fused-ring (bicyclic) bond motifs is 1. The van der Waals surface area contributed by atoms with E-state index in [-0.39, 0.29) is 5.91 Å². The maximum atomic E-state index is 12.5. The van der Waals surface area contributed by atoms with E-state index in [9.17, 15) is 4.79 Å². The Kier molecular flexibility index (Phi) is 3.57. The molecule has 2 aromatic heterocycles. The number of nitrogens with one attached hydrogen (secondary N) is 1. The summed E-state index contributed by atoms with van der Waals surface area (Å²) in [6.07, 6.45) is 1.79. The molecule has 0 atom stereocenters. The number of amides is 1. The molecule has 0 saturated heterocycles. The highest BCUT2D eigenvalue weighted by Gasteiger charge is 2.18. The van der Waals surface area contributed by atoms with Gasteiger partial charge in [0.15, 0.2) is 0 Å². The van der Waals surface area contributed by atoms with E-state index in [2.05, 4.69) is 10.3 Å². The van der Waals surface area contributed by atoms with E-state index in [1.54, 1.807) is 35.7 Å². The number of hydrogen-bond donors (Lipinski definition) is 1. The number of carbonyl (C=O) groups is 1. The van der Waals surface area contributed by atoms with Gasteiger partial charge in [0.2, 0.25) is 0 Å². The molecular weight excluding hydrogens is 309 g/mol. The van der Waals surface area contributed by atoms with Crippen LogP contribution in [0.25, 0.3) is 5.65 Å². The monoisotopic (exact) mass is 319 g/mol. The van der Waals surface area contributed by atoms with Gasteiger partial charge in [-0.15, -0.1) is 0 Å². The zero-order valence-corrected chi connectivity index (χ0v) is 12.6. The molecule has 1 amide bonds. The van der Waals surface area contributed by atoms with Crippen molar-refractivity contribution in [3.8, 4) is 0 Å². The van der Waals surface area contributed by atoms with Gasteiger partial charge in [-0.2, -0.15) is 0 Å². The molecular formula is C15H11Cl2N3O. The molecule has 21 heavy (non-hydrogen) atoms. The van der Waals surface area contributed by atoms with Gasteiger partial charge in [-0.05, 0) is 31.2 Å². The summed E-state index contributed by atoms with van der Waals surface area (Å²) < 4.78 is 1.73. The number of carbonyl (C=O) groups excluding carboxylic acids is 1. The van der Waals surface area contributed by atoms with Crippen LogP contribution in [-0.4, -0.2) is 15.3 Å². The predicted molar refractivity (Wildman–Crippen MR) is 84.3 cm³/mol. The minimum Gasteiger partial charge on any atom is -0.318 e. The third-order valence-electron chi connectivity index (χ3n) is 3.12. The molecule has 0 radical (unpaired) electrons. The minimum atomic E-state index is -0.304. The van der Waals surface area contributed by atoms with E-state index in [1.165, 1.54) is 0 Å². The lowest BCUT2D eigenvalue weighted by Crippen LogP contribution is -2.16. The summed E-state index contributed by atoms with van der Waals surface area (Å²) >= 11 is 12.1. The zero-order chi connectivity index (χ0) is 15.0. The van der Waals surface area contributed by atoms with Gasteiger partial charge in [0.1, 0.15) is 11.3 Å². The third kappa shape index (κ3) is 2.48. The fraction of sp³-hybridized carbons (Fsp3) is 0.0667. The zero-order valence-electron chi connectivity index (χ0n) is 11.1. The van der Waals surface area contributed by atoms with E-state index in [1.807, 2.05) is 18.2 Å². The number of benzene rings is 1. The molecule has 0 aliphatic heterocycles. The molecule has 0 unspecified atom stereocenters. The normalized spacial score (nSPS) is 10.8. The molecule has 3 rings (SSSR count). The fourth-order valence-electron chi connectivity index (χ4n) is 2.18. The number of anilines is 1. The van der Waals surface area contributed by atoms with Crippen molar-refractivity contribution in [2.24, 2.45) is 0 Å². The van der Waals surface area contributed by atoms with Crippen LogP contribution in [0.3, 0.4) is 0 Å². The van der Waals surface area contributed by atoms with Gasteiger partial charge in [0.05, 0.1) is 21.4 Å². The average Bonchev–Trinajstić information content (AvgIpc) is 2.78. The van der Waals surface area contributed by atoms with E-state index < -0.39 is 0 Å². The first kappa shape index (κ1) is 13.9. The van der Waals surface area contributed by atoms with Crippen molar-refractivity contribution in [1.29, 1.82) is 0 Å². The lowest BCUT2D eigenvalue weighted by Gasteiger charge is -2.09. The number of pyridine rings is 1. The predicted octanol–water partition coefficient (Wildman–Crippen LogP) is 4.20. The van der Waals surface area contributed by atoms with Crippen molar-refractivity contribution in [2.75, 3.05) is 5.32 Å². The van der Waals surface area contributed by atoms with Crippen LogP contribution in [0, 0.1) is 6.92 Å².